The summed E-state index contributed by atoms with van der Waals surface area (Å²) in [5.74, 6) is -1.16. The van der Waals surface area contributed by atoms with Crippen LogP contribution in [-0.2, 0) is 14.3 Å². The molecule has 92 valence electrons. The number of rotatable bonds is 6. The molecular formula is C12H21NO3. The van der Waals surface area contributed by atoms with Gasteiger partial charge in [0.1, 0.15) is 0 Å². The van der Waals surface area contributed by atoms with Gasteiger partial charge >= 0.3 is 11.9 Å². The van der Waals surface area contributed by atoms with Gasteiger partial charge in [-0.1, -0.05) is 39.0 Å². The zero-order valence-electron chi connectivity index (χ0n) is 9.91. The highest BCUT2D eigenvalue weighted by molar-refractivity contribution is 6.04. The summed E-state index contributed by atoms with van der Waals surface area (Å²) in [7, 11) is 0. The number of carbonyl (C=O) groups is 2. The molecule has 16 heavy (non-hydrogen) atoms. The number of ether oxygens (including phenoxy) is 1. The van der Waals surface area contributed by atoms with E-state index in [4.69, 9.17) is 5.73 Å². The summed E-state index contributed by atoms with van der Waals surface area (Å²) in [4.78, 5) is 19.8. The zero-order chi connectivity index (χ0) is 12.2. The first-order chi connectivity index (χ1) is 7.70. The standard InChI is InChI=1S/C8H19N.C4H2O3/c1-2-3-4-5-6-7-8-9;5-3-1-2-4(6)7-3/h2-9H2,1H3;1-2H. The summed E-state index contributed by atoms with van der Waals surface area (Å²) in [6, 6.07) is 0. The predicted octanol–water partition coefficient (Wildman–Crippen LogP) is 1.93. The second-order valence-electron chi connectivity index (χ2n) is 3.63. The molecule has 0 unspecified atom stereocenters. The van der Waals surface area contributed by atoms with Crippen molar-refractivity contribution in [1.29, 1.82) is 0 Å². The molecular weight excluding hydrogens is 206 g/mol. The lowest BCUT2D eigenvalue weighted by Crippen LogP contribution is -1.97. The first-order valence-corrected chi connectivity index (χ1v) is 5.84. The first kappa shape index (κ1) is 14.8. The number of nitrogens with two attached hydrogens (primary N) is 1. The topological polar surface area (TPSA) is 69.4 Å². The van der Waals surface area contributed by atoms with Crippen LogP contribution >= 0.6 is 0 Å². The van der Waals surface area contributed by atoms with Crippen LogP contribution in [0.25, 0.3) is 0 Å². The summed E-state index contributed by atoms with van der Waals surface area (Å²) in [6.07, 6.45) is 10.2. The number of esters is 2. The van der Waals surface area contributed by atoms with E-state index in [2.05, 4.69) is 11.7 Å². The van der Waals surface area contributed by atoms with Crippen LogP contribution < -0.4 is 5.73 Å². The molecule has 4 nitrogen and oxygen atoms in total. The Morgan fingerprint density at radius 3 is 1.88 bits per heavy atom. The number of carbonyl (C=O) groups excluding carboxylic acids is 2. The lowest BCUT2D eigenvalue weighted by molar-refractivity contribution is -0.150. The molecule has 1 aliphatic rings. The lowest BCUT2D eigenvalue weighted by Gasteiger charge is -1.96. The molecule has 1 heterocycles. The number of cyclic esters (lactones) is 2. The molecule has 0 saturated carbocycles. The summed E-state index contributed by atoms with van der Waals surface area (Å²) in [5, 5.41) is 0. The van der Waals surface area contributed by atoms with Gasteiger partial charge in [-0.15, -0.1) is 0 Å². The van der Waals surface area contributed by atoms with Crippen molar-refractivity contribution in [2.45, 2.75) is 45.4 Å². The summed E-state index contributed by atoms with van der Waals surface area (Å²) < 4.78 is 3.97. The average molecular weight is 227 g/mol. The van der Waals surface area contributed by atoms with Crippen molar-refractivity contribution in [3.63, 3.8) is 0 Å². The number of hydrogen-bond donors (Lipinski definition) is 1. The minimum Gasteiger partial charge on any atom is -0.387 e. The second-order valence-corrected chi connectivity index (χ2v) is 3.63. The third-order valence-electron chi connectivity index (χ3n) is 2.11. The highest BCUT2D eigenvalue weighted by Crippen LogP contribution is 2.03. The fourth-order valence-corrected chi connectivity index (χ4v) is 1.23. The fraction of sp³-hybridized carbons (Fsp3) is 0.667. The molecule has 0 aliphatic carbocycles. The van der Waals surface area contributed by atoms with Gasteiger partial charge < -0.3 is 10.5 Å². The van der Waals surface area contributed by atoms with Crippen molar-refractivity contribution in [1.82, 2.24) is 0 Å². The quantitative estimate of drug-likeness (QED) is 0.427. The van der Waals surface area contributed by atoms with E-state index in [1.54, 1.807) is 0 Å². The SMILES string of the molecule is CCCCCCCCN.O=C1C=CC(=O)O1. The van der Waals surface area contributed by atoms with E-state index in [0.717, 1.165) is 18.7 Å². The Kier molecular flexibility index (Phi) is 9.61. The van der Waals surface area contributed by atoms with E-state index in [9.17, 15) is 9.59 Å². The molecule has 4 heteroatoms. The summed E-state index contributed by atoms with van der Waals surface area (Å²) in [6.45, 7) is 3.11. The monoisotopic (exact) mass is 227 g/mol. The fourth-order valence-electron chi connectivity index (χ4n) is 1.23. The molecule has 0 amide bonds. The Labute approximate surface area is 96.8 Å². The van der Waals surface area contributed by atoms with Crippen LogP contribution in [0.5, 0.6) is 0 Å². The molecule has 0 aromatic heterocycles. The minimum absolute atomic E-state index is 0.579. The van der Waals surface area contributed by atoms with Gasteiger partial charge in [-0.05, 0) is 13.0 Å². The molecule has 0 atom stereocenters. The molecule has 0 aromatic rings. The lowest BCUT2D eigenvalue weighted by atomic mass is 10.1. The molecule has 0 fully saturated rings. The van der Waals surface area contributed by atoms with Gasteiger partial charge in [-0.2, -0.15) is 0 Å². The average Bonchev–Trinajstić information content (AvgIpc) is 2.63. The van der Waals surface area contributed by atoms with Crippen molar-refractivity contribution in [3.05, 3.63) is 12.2 Å². The molecule has 0 bridgehead atoms. The van der Waals surface area contributed by atoms with Gasteiger partial charge in [0.2, 0.25) is 0 Å². The third kappa shape index (κ3) is 9.40. The van der Waals surface area contributed by atoms with Crippen LogP contribution in [0.1, 0.15) is 45.4 Å². The maximum absolute atomic E-state index is 9.92. The predicted molar refractivity (Wildman–Crippen MR) is 62.7 cm³/mol. The van der Waals surface area contributed by atoms with Crippen LogP contribution in [-0.4, -0.2) is 18.5 Å². The third-order valence-corrected chi connectivity index (χ3v) is 2.11. The van der Waals surface area contributed by atoms with Gasteiger partial charge in [0.25, 0.3) is 0 Å². The van der Waals surface area contributed by atoms with Crippen molar-refractivity contribution < 1.29 is 14.3 Å². The van der Waals surface area contributed by atoms with Crippen molar-refractivity contribution in [2.24, 2.45) is 5.73 Å². The Morgan fingerprint density at radius 2 is 1.50 bits per heavy atom. The molecule has 0 aromatic carbocycles. The van der Waals surface area contributed by atoms with Crippen LogP contribution in [0, 0.1) is 0 Å². The molecule has 2 N–H and O–H groups in total. The number of hydrogen-bond acceptors (Lipinski definition) is 4. The molecule has 0 radical (unpaired) electrons. The Balaban J connectivity index is 0.000000288. The highest BCUT2D eigenvalue weighted by atomic mass is 16.6. The number of unbranched alkanes of at least 4 members (excludes halogenated alkanes) is 5. The van der Waals surface area contributed by atoms with Crippen molar-refractivity contribution in [2.75, 3.05) is 6.54 Å². The molecule has 0 spiro atoms. The largest absolute Gasteiger partial charge is 0.387 e. The van der Waals surface area contributed by atoms with Crippen molar-refractivity contribution >= 4 is 11.9 Å². The maximum atomic E-state index is 9.92. The minimum atomic E-state index is -0.579. The van der Waals surface area contributed by atoms with Gasteiger partial charge in [0, 0.05) is 12.2 Å². The van der Waals surface area contributed by atoms with E-state index < -0.39 is 11.9 Å². The van der Waals surface area contributed by atoms with Gasteiger partial charge in [-0.25, -0.2) is 9.59 Å². The first-order valence-electron chi connectivity index (χ1n) is 5.84. The summed E-state index contributed by atoms with van der Waals surface area (Å²) >= 11 is 0. The van der Waals surface area contributed by atoms with E-state index in [1.165, 1.54) is 38.5 Å². The molecule has 0 saturated heterocycles. The van der Waals surface area contributed by atoms with Crippen LogP contribution in [0.3, 0.4) is 0 Å². The summed E-state index contributed by atoms with van der Waals surface area (Å²) in [5.41, 5.74) is 5.34. The van der Waals surface area contributed by atoms with Crippen molar-refractivity contribution in [3.8, 4) is 0 Å². The van der Waals surface area contributed by atoms with E-state index in [-0.39, 0.29) is 0 Å². The zero-order valence-corrected chi connectivity index (χ0v) is 9.91. The van der Waals surface area contributed by atoms with Gasteiger partial charge in [0.15, 0.2) is 0 Å². The Bertz CT molecular complexity index is 214. The molecule has 1 rings (SSSR count). The van der Waals surface area contributed by atoms with Crippen LogP contribution in [0.2, 0.25) is 0 Å². The van der Waals surface area contributed by atoms with Gasteiger partial charge in [-0.3, -0.25) is 0 Å². The Hall–Kier alpha value is -1.16. The van der Waals surface area contributed by atoms with Crippen LogP contribution in [0.4, 0.5) is 0 Å². The van der Waals surface area contributed by atoms with E-state index in [0.29, 0.717) is 0 Å². The second kappa shape index (κ2) is 10.4. The maximum Gasteiger partial charge on any atom is 0.338 e. The van der Waals surface area contributed by atoms with E-state index in [1.807, 2.05) is 0 Å². The Morgan fingerprint density at radius 1 is 1.00 bits per heavy atom. The normalized spacial score (nSPS) is 13.4. The van der Waals surface area contributed by atoms with Crippen LogP contribution in [0.15, 0.2) is 12.2 Å². The highest BCUT2D eigenvalue weighted by Gasteiger charge is 2.10. The van der Waals surface area contributed by atoms with E-state index >= 15 is 0 Å². The smallest absolute Gasteiger partial charge is 0.338 e. The molecule has 1 aliphatic heterocycles. The van der Waals surface area contributed by atoms with Gasteiger partial charge in [0.05, 0.1) is 0 Å².